The molecule has 2 amide bonds. The molecule has 1 aliphatic heterocycles. The van der Waals surface area contributed by atoms with Gasteiger partial charge >= 0.3 is 0 Å². The van der Waals surface area contributed by atoms with Gasteiger partial charge in [0.05, 0.1) is 29.9 Å². The monoisotopic (exact) mass is 580 g/mol. The molecular weight excluding hydrogens is 544 g/mol. The molecule has 0 fully saturated rings. The molecule has 5 rings (SSSR count). The van der Waals surface area contributed by atoms with Crippen LogP contribution in [0.25, 0.3) is 0 Å². The van der Waals surface area contributed by atoms with E-state index in [2.05, 4.69) is 15.2 Å². The second kappa shape index (κ2) is 13.5. The van der Waals surface area contributed by atoms with Crippen molar-refractivity contribution < 1.29 is 24.2 Å². The zero-order chi connectivity index (χ0) is 30.3. The summed E-state index contributed by atoms with van der Waals surface area (Å²) in [5.74, 6) is 1.25. The quantitative estimate of drug-likeness (QED) is 0.265. The Kier molecular flexibility index (Phi) is 9.34. The Morgan fingerprint density at radius 1 is 1.02 bits per heavy atom. The molecule has 3 atom stereocenters. The van der Waals surface area contributed by atoms with E-state index in [1.165, 1.54) is 0 Å². The zero-order valence-corrected chi connectivity index (χ0v) is 24.5. The number of nitrogens with one attached hydrogen (secondary N) is 1. The van der Waals surface area contributed by atoms with E-state index in [9.17, 15) is 14.7 Å². The first-order valence-corrected chi connectivity index (χ1v) is 14.3. The van der Waals surface area contributed by atoms with E-state index >= 15 is 0 Å². The Balaban J connectivity index is 1.36. The molecule has 0 saturated carbocycles. The lowest BCUT2D eigenvalue weighted by atomic mass is 10.1. The van der Waals surface area contributed by atoms with E-state index in [4.69, 9.17) is 9.47 Å². The maximum atomic E-state index is 13.8. The van der Waals surface area contributed by atoms with Gasteiger partial charge in [-0.1, -0.05) is 36.4 Å². The average Bonchev–Trinajstić information content (AvgIpc) is 3.12. The fourth-order valence-electron chi connectivity index (χ4n) is 5.23. The van der Waals surface area contributed by atoms with Gasteiger partial charge in [0.15, 0.2) is 5.75 Å². The minimum absolute atomic E-state index is 0.191. The third-order valence-electron chi connectivity index (χ3n) is 7.50. The van der Waals surface area contributed by atoms with E-state index in [-0.39, 0.29) is 24.5 Å². The maximum absolute atomic E-state index is 13.8. The van der Waals surface area contributed by atoms with Crippen LogP contribution >= 0.6 is 0 Å². The van der Waals surface area contributed by atoms with E-state index in [1.54, 1.807) is 47.6 Å². The molecule has 9 nitrogen and oxygen atoms in total. The molecule has 1 aromatic heterocycles. The number of nitrogens with zero attached hydrogens (tertiary/aromatic N) is 3. The van der Waals surface area contributed by atoms with E-state index in [0.29, 0.717) is 35.7 Å². The van der Waals surface area contributed by atoms with Crippen molar-refractivity contribution in [3.05, 3.63) is 114 Å². The molecule has 0 spiro atoms. The summed E-state index contributed by atoms with van der Waals surface area (Å²) in [5, 5.41) is 12.9. The Morgan fingerprint density at radius 3 is 2.42 bits per heavy atom. The molecule has 0 unspecified atom stereocenters. The van der Waals surface area contributed by atoms with Gasteiger partial charge in [0.25, 0.3) is 11.8 Å². The lowest BCUT2D eigenvalue weighted by molar-refractivity contribution is 0.0250. The molecule has 0 saturated heterocycles. The summed E-state index contributed by atoms with van der Waals surface area (Å²) in [5.41, 5.74) is 2.26. The van der Waals surface area contributed by atoms with Crippen molar-refractivity contribution in [2.24, 2.45) is 0 Å². The van der Waals surface area contributed by atoms with Gasteiger partial charge in [0.2, 0.25) is 0 Å². The minimum Gasteiger partial charge on any atom is -0.484 e. The third kappa shape index (κ3) is 7.02. The van der Waals surface area contributed by atoms with Crippen LogP contribution in [0.2, 0.25) is 0 Å². The molecule has 2 heterocycles. The zero-order valence-electron chi connectivity index (χ0n) is 24.5. The topological polar surface area (TPSA) is 104 Å². The standard InChI is InChI=1S/C34H36N4O5/c1-23(22-39)38-24(2)31(21-37(3)20-25-12-14-28(15-13-25)42-27-8-5-4-6-9-27)43-32-29(34(38)41)10-7-11-30(32)36-33(40)26-16-18-35-19-17-26/h4-19,23-24,31,39H,20-22H2,1-3H3,(H,36,40)/t23-,24-,31+/m1/s1. The third-order valence-corrected chi connectivity index (χ3v) is 7.50. The Bertz CT molecular complexity index is 1530. The fourth-order valence-corrected chi connectivity index (χ4v) is 5.23. The number of aliphatic hydroxyl groups excluding tert-OH is 1. The number of hydrogen-bond donors (Lipinski definition) is 2. The van der Waals surface area contributed by atoms with Crippen LogP contribution in [-0.4, -0.2) is 70.1 Å². The van der Waals surface area contributed by atoms with Crippen LogP contribution in [0.15, 0.2) is 97.3 Å². The smallest absolute Gasteiger partial charge is 0.258 e. The second-order valence-electron chi connectivity index (χ2n) is 10.8. The number of rotatable bonds is 10. The number of para-hydroxylation sites is 2. The summed E-state index contributed by atoms with van der Waals surface area (Å²) < 4.78 is 12.5. The van der Waals surface area contributed by atoms with Crippen molar-refractivity contribution in [3.63, 3.8) is 0 Å². The van der Waals surface area contributed by atoms with Crippen LogP contribution in [0.1, 0.15) is 40.1 Å². The van der Waals surface area contributed by atoms with Crippen LogP contribution < -0.4 is 14.8 Å². The summed E-state index contributed by atoms with van der Waals surface area (Å²) >= 11 is 0. The summed E-state index contributed by atoms with van der Waals surface area (Å²) in [6, 6.07) is 25.1. The number of carbonyl (C=O) groups excluding carboxylic acids is 2. The number of hydrogen-bond acceptors (Lipinski definition) is 7. The molecule has 2 N–H and O–H groups in total. The van der Waals surface area contributed by atoms with Crippen LogP contribution in [-0.2, 0) is 6.54 Å². The minimum atomic E-state index is -0.455. The van der Waals surface area contributed by atoms with Gasteiger partial charge in [-0.05, 0) is 75.0 Å². The summed E-state index contributed by atoms with van der Waals surface area (Å²) in [7, 11) is 2.00. The lowest BCUT2D eigenvalue weighted by Crippen LogP contribution is -2.53. The SMILES string of the molecule is C[C@H](CO)N1C(=O)c2cccc(NC(=O)c3ccncc3)c2O[C@@H](CN(C)Cc2ccc(Oc3ccccc3)cc2)[C@H]1C. The number of fused-ring (bicyclic) bond motifs is 1. The van der Waals surface area contributed by atoms with E-state index in [0.717, 1.165) is 17.1 Å². The van der Waals surface area contributed by atoms with Crippen molar-refractivity contribution in [1.29, 1.82) is 0 Å². The van der Waals surface area contributed by atoms with Crippen molar-refractivity contribution in [3.8, 4) is 17.2 Å². The highest BCUT2D eigenvalue weighted by molar-refractivity contribution is 6.07. The predicted molar refractivity (Wildman–Crippen MR) is 165 cm³/mol. The van der Waals surface area contributed by atoms with Gasteiger partial charge in [-0.2, -0.15) is 0 Å². The molecule has 1 aliphatic rings. The largest absolute Gasteiger partial charge is 0.484 e. The van der Waals surface area contributed by atoms with Crippen LogP contribution in [0.5, 0.6) is 17.2 Å². The number of likely N-dealkylation sites (N-methyl/N-ethyl adjacent to an activating group) is 1. The maximum Gasteiger partial charge on any atom is 0.258 e. The highest BCUT2D eigenvalue weighted by Crippen LogP contribution is 2.36. The number of aliphatic hydroxyl groups is 1. The summed E-state index contributed by atoms with van der Waals surface area (Å²) in [6.45, 7) is 4.67. The van der Waals surface area contributed by atoms with E-state index in [1.807, 2.05) is 75.5 Å². The van der Waals surface area contributed by atoms with Crippen molar-refractivity contribution in [2.75, 3.05) is 25.5 Å². The number of pyridine rings is 1. The Labute approximate surface area is 251 Å². The van der Waals surface area contributed by atoms with Gasteiger partial charge in [0, 0.05) is 31.0 Å². The Hall–Kier alpha value is -4.73. The first-order chi connectivity index (χ1) is 20.8. The molecule has 4 aromatic rings. The number of amides is 2. The van der Waals surface area contributed by atoms with Gasteiger partial charge in [-0.3, -0.25) is 19.5 Å². The number of ether oxygens (including phenoxy) is 2. The number of aromatic nitrogens is 1. The van der Waals surface area contributed by atoms with Gasteiger partial charge in [-0.25, -0.2) is 0 Å². The fraction of sp³-hybridized carbons (Fsp3) is 0.265. The highest BCUT2D eigenvalue weighted by Gasteiger charge is 2.39. The van der Waals surface area contributed by atoms with Gasteiger partial charge < -0.3 is 24.8 Å². The van der Waals surface area contributed by atoms with E-state index < -0.39 is 12.1 Å². The average molecular weight is 581 g/mol. The molecule has 43 heavy (non-hydrogen) atoms. The normalized spacial score (nSPS) is 17.0. The molecule has 0 bridgehead atoms. The van der Waals surface area contributed by atoms with Crippen LogP contribution in [0.4, 0.5) is 5.69 Å². The number of anilines is 1. The predicted octanol–water partition coefficient (Wildman–Crippen LogP) is 5.23. The van der Waals surface area contributed by atoms with Crippen LogP contribution in [0, 0.1) is 0 Å². The molecular formula is C34H36N4O5. The highest BCUT2D eigenvalue weighted by atomic mass is 16.5. The first kappa shape index (κ1) is 29.8. The molecule has 0 radical (unpaired) electrons. The second-order valence-corrected chi connectivity index (χ2v) is 10.8. The first-order valence-electron chi connectivity index (χ1n) is 14.3. The van der Waals surface area contributed by atoms with Crippen molar-refractivity contribution in [2.45, 2.75) is 38.6 Å². The number of carbonyl (C=O) groups is 2. The van der Waals surface area contributed by atoms with Gasteiger partial charge in [-0.15, -0.1) is 0 Å². The Morgan fingerprint density at radius 2 is 1.72 bits per heavy atom. The molecule has 222 valence electrons. The molecule has 0 aliphatic carbocycles. The van der Waals surface area contributed by atoms with Crippen molar-refractivity contribution in [1.82, 2.24) is 14.8 Å². The number of benzene rings is 3. The summed E-state index contributed by atoms with van der Waals surface area (Å²) in [6.07, 6.45) is 2.64. The van der Waals surface area contributed by atoms with Crippen LogP contribution in [0.3, 0.4) is 0 Å². The lowest BCUT2D eigenvalue weighted by Gasteiger charge is -2.36. The molecule has 3 aromatic carbocycles. The summed E-state index contributed by atoms with van der Waals surface area (Å²) in [4.78, 5) is 34.6. The van der Waals surface area contributed by atoms with Gasteiger partial charge in [0.1, 0.15) is 17.6 Å². The van der Waals surface area contributed by atoms with Crippen molar-refractivity contribution >= 4 is 17.5 Å². The molecule has 9 heteroatoms.